The Hall–Kier alpha value is -2.00. The second-order valence-corrected chi connectivity index (χ2v) is 6.24. The Balaban J connectivity index is 2.35. The molecule has 0 radical (unpaired) electrons. The summed E-state index contributed by atoms with van der Waals surface area (Å²) in [6.45, 7) is 1.61. The van der Waals surface area contributed by atoms with Crippen molar-refractivity contribution in [2.24, 2.45) is 0 Å². The fourth-order valence-electron chi connectivity index (χ4n) is 1.70. The molecule has 3 N–H and O–H groups in total. The highest BCUT2D eigenvalue weighted by atomic mass is 32.2. The standard InChI is InChI=1S/C11H14FN5O2S/c1-7-14-10(16-15-7)6-17(2)20(18,19)11-8(12)4-3-5-9(11)13/h3-5H,6,13H2,1-2H3,(H,14,15,16). The molecule has 9 heteroatoms. The van der Waals surface area contributed by atoms with Gasteiger partial charge in [0.1, 0.15) is 16.5 Å². The lowest BCUT2D eigenvalue weighted by Gasteiger charge is -2.17. The number of aromatic amines is 1. The van der Waals surface area contributed by atoms with Gasteiger partial charge in [0.05, 0.1) is 12.2 Å². The third kappa shape index (κ3) is 2.63. The zero-order chi connectivity index (χ0) is 14.9. The number of hydrogen-bond donors (Lipinski definition) is 2. The number of aryl methyl sites for hydroxylation is 1. The van der Waals surface area contributed by atoms with Crippen LogP contribution in [0.4, 0.5) is 10.1 Å². The van der Waals surface area contributed by atoms with Crippen molar-refractivity contribution in [3.63, 3.8) is 0 Å². The molecule has 2 aromatic rings. The van der Waals surface area contributed by atoms with Crippen molar-refractivity contribution in [2.75, 3.05) is 12.8 Å². The Bertz CT molecular complexity index is 708. The summed E-state index contributed by atoms with van der Waals surface area (Å²) in [7, 11) is -2.74. The minimum Gasteiger partial charge on any atom is -0.398 e. The van der Waals surface area contributed by atoms with Gasteiger partial charge in [0, 0.05) is 7.05 Å². The lowest BCUT2D eigenvalue weighted by molar-refractivity contribution is 0.451. The number of anilines is 1. The van der Waals surface area contributed by atoms with Crippen LogP contribution < -0.4 is 5.73 Å². The fourth-order valence-corrected chi connectivity index (χ4v) is 2.97. The van der Waals surface area contributed by atoms with E-state index in [4.69, 9.17) is 5.73 Å². The van der Waals surface area contributed by atoms with Crippen molar-refractivity contribution < 1.29 is 12.8 Å². The van der Waals surface area contributed by atoms with E-state index in [1.54, 1.807) is 6.92 Å². The van der Waals surface area contributed by atoms with Crippen molar-refractivity contribution in [3.8, 4) is 0 Å². The highest BCUT2D eigenvalue weighted by Gasteiger charge is 2.27. The summed E-state index contributed by atoms with van der Waals surface area (Å²) < 4.78 is 39.3. The van der Waals surface area contributed by atoms with Crippen LogP contribution in [0, 0.1) is 12.7 Å². The highest BCUT2D eigenvalue weighted by Crippen LogP contribution is 2.25. The molecule has 0 aliphatic carbocycles. The second kappa shape index (κ2) is 5.17. The molecule has 1 aromatic heterocycles. The number of hydrogen-bond acceptors (Lipinski definition) is 5. The van der Waals surface area contributed by atoms with Gasteiger partial charge in [-0.1, -0.05) is 6.07 Å². The summed E-state index contributed by atoms with van der Waals surface area (Å²) in [6.07, 6.45) is 0. The average molecular weight is 299 g/mol. The van der Waals surface area contributed by atoms with Gasteiger partial charge in [0.25, 0.3) is 0 Å². The van der Waals surface area contributed by atoms with Crippen molar-refractivity contribution in [2.45, 2.75) is 18.4 Å². The number of sulfonamides is 1. The van der Waals surface area contributed by atoms with Gasteiger partial charge in [0.15, 0.2) is 5.82 Å². The van der Waals surface area contributed by atoms with Crippen molar-refractivity contribution in [1.82, 2.24) is 19.5 Å². The number of aromatic nitrogens is 3. The molecule has 0 unspecified atom stereocenters. The fraction of sp³-hybridized carbons (Fsp3) is 0.273. The topological polar surface area (TPSA) is 105 Å². The molecule has 20 heavy (non-hydrogen) atoms. The van der Waals surface area contributed by atoms with Crippen molar-refractivity contribution in [1.29, 1.82) is 0 Å². The van der Waals surface area contributed by atoms with Crippen LogP contribution in [0.25, 0.3) is 0 Å². The Kier molecular flexibility index (Phi) is 3.73. The predicted molar refractivity (Wildman–Crippen MR) is 70.6 cm³/mol. The lowest BCUT2D eigenvalue weighted by Crippen LogP contribution is -2.28. The SMILES string of the molecule is Cc1nc(CN(C)S(=O)(=O)c2c(N)cccc2F)n[nH]1. The van der Waals surface area contributed by atoms with E-state index in [1.165, 1.54) is 19.2 Å². The highest BCUT2D eigenvalue weighted by molar-refractivity contribution is 7.89. The number of nitrogens with two attached hydrogens (primary N) is 1. The molecule has 7 nitrogen and oxygen atoms in total. The zero-order valence-electron chi connectivity index (χ0n) is 11.0. The summed E-state index contributed by atoms with van der Waals surface area (Å²) in [5.74, 6) is -0.0253. The molecule has 0 bridgehead atoms. The van der Waals surface area contributed by atoms with Gasteiger partial charge in [-0.3, -0.25) is 5.10 Å². The first-order valence-electron chi connectivity index (χ1n) is 5.70. The molecule has 0 saturated heterocycles. The molecule has 0 saturated carbocycles. The average Bonchev–Trinajstić information content (AvgIpc) is 2.74. The molecule has 0 atom stereocenters. The largest absolute Gasteiger partial charge is 0.398 e. The Morgan fingerprint density at radius 2 is 2.15 bits per heavy atom. The van der Waals surface area contributed by atoms with E-state index in [9.17, 15) is 12.8 Å². The van der Waals surface area contributed by atoms with Crippen LogP contribution in [0.3, 0.4) is 0 Å². The van der Waals surface area contributed by atoms with Crippen LogP contribution in [0.15, 0.2) is 23.1 Å². The summed E-state index contributed by atoms with van der Waals surface area (Å²) in [5, 5.41) is 6.45. The van der Waals surface area contributed by atoms with Crippen LogP contribution in [-0.2, 0) is 16.6 Å². The minimum atomic E-state index is -4.05. The van der Waals surface area contributed by atoms with Crippen LogP contribution in [0.1, 0.15) is 11.6 Å². The first-order chi connectivity index (χ1) is 9.32. The molecule has 0 aliphatic rings. The number of halogens is 1. The van der Waals surface area contributed by atoms with E-state index in [-0.39, 0.29) is 12.2 Å². The van der Waals surface area contributed by atoms with E-state index in [0.29, 0.717) is 11.6 Å². The van der Waals surface area contributed by atoms with E-state index in [2.05, 4.69) is 15.2 Å². The van der Waals surface area contributed by atoms with Crippen LogP contribution in [-0.4, -0.2) is 35.0 Å². The number of rotatable bonds is 4. The predicted octanol–water partition coefficient (Wildman–Crippen LogP) is 0.655. The molecule has 0 fully saturated rings. The number of benzene rings is 1. The summed E-state index contributed by atoms with van der Waals surface area (Å²) in [4.78, 5) is 3.47. The third-order valence-electron chi connectivity index (χ3n) is 2.67. The normalized spacial score (nSPS) is 12.0. The number of nitrogens with one attached hydrogen (secondary N) is 1. The first-order valence-corrected chi connectivity index (χ1v) is 7.14. The lowest BCUT2D eigenvalue weighted by atomic mass is 10.3. The zero-order valence-corrected chi connectivity index (χ0v) is 11.8. The molecular weight excluding hydrogens is 285 g/mol. The third-order valence-corrected chi connectivity index (χ3v) is 4.57. The van der Waals surface area contributed by atoms with E-state index in [1.807, 2.05) is 0 Å². The van der Waals surface area contributed by atoms with Gasteiger partial charge in [-0.05, 0) is 19.1 Å². The first kappa shape index (κ1) is 14.4. The van der Waals surface area contributed by atoms with Crippen molar-refractivity contribution >= 4 is 15.7 Å². The number of nitrogen functional groups attached to an aromatic ring is 1. The number of nitrogens with zero attached hydrogens (tertiary/aromatic N) is 3. The van der Waals surface area contributed by atoms with Gasteiger partial charge < -0.3 is 5.73 Å². The molecule has 0 aliphatic heterocycles. The van der Waals surface area contributed by atoms with Gasteiger partial charge in [-0.2, -0.15) is 9.40 Å². The van der Waals surface area contributed by atoms with Crippen LogP contribution in [0.2, 0.25) is 0 Å². The molecular formula is C11H14FN5O2S. The summed E-state index contributed by atoms with van der Waals surface area (Å²) in [6, 6.07) is 3.73. The maximum Gasteiger partial charge on any atom is 0.248 e. The smallest absolute Gasteiger partial charge is 0.248 e. The van der Waals surface area contributed by atoms with Gasteiger partial charge in [0.2, 0.25) is 10.0 Å². The number of H-pyrrole nitrogens is 1. The summed E-state index contributed by atoms with van der Waals surface area (Å²) >= 11 is 0. The molecule has 0 spiro atoms. The van der Waals surface area contributed by atoms with Gasteiger partial charge >= 0.3 is 0 Å². The van der Waals surface area contributed by atoms with Gasteiger partial charge in [-0.25, -0.2) is 17.8 Å². The Morgan fingerprint density at radius 3 is 2.70 bits per heavy atom. The molecule has 1 heterocycles. The van der Waals surface area contributed by atoms with E-state index < -0.39 is 20.7 Å². The van der Waals surface area contributed by atoms with E-state index in [0.717, 1.165) is 10.4 Å². The quantitative estimate of drug-likeness (QED) is 0.807. The molecule has 1 aromatic carbocycles. The molecule has 108 valence electrons. The van der Waals surface area contributed by atoms with Crippen LogP contribution >= 0.6 is 0 Å². The molecule has 2 rings (SSSR count). The molecule has 0 amide bonds. The van der Waals surface area contributed by atoms with Crippen molar-refractivity contribution in [3.05, 3.63) is 35.7 Å². The Labute approximate surface area is 115 Å². The minimum absolute atomic E-state index is 0.0829. The Morgan fingerprint density at radius 1 is 1.45 bits per heavy atom. The second-order valence-electron chi connectivity index (χ2n) is 4.26. The van der Waals surface area contributed by atoms with Gasteiger partial charge in [-0.15, -0.1) is 0 Å². The summed E-state index contributed by atoms with van der Waals surface area (Å²) in [5.41, 5.74) is 5.42. The van der Waals surface area contributed by atoms with Crippen LogP contribution in [0.5, 0.6) is 0 Å². The maximum atomic E-state index is 13.7. The monoisotopic (exact) mass is 299 g/mol. The maximum absolute atomic E-state index is 13.7. The van der Waals surface area contributed by atoms with E-state index >= 15 is 0 Å².